The first-order valence-corrected chi connectivity index (χ1v) is 6.09. The molecule has 1 nitrogen and oxygen atoms in total. The van der Waals surface area contributed by atoms with Crippen LogP contribution in [0.15, 0.2) is 35.5 Å². The van der Waals surface area contributed by atoms with Crippen LogP contribution in [0.25, 0.3) is 0 Å². The van der Waals surface area contributed by atoms with Gasteiger partial charge in [0.15, 0.2) is 5.78 Å². The monoisotopic (exact) mass is 220 g/mol. The number of hydrogen-bond donors (Lipinski definition) is 0. The van der Waals surface area contributed by atoms with Gasteiger partial charge in [-0.05, 0) is 18.9 Å². The van der Waals surface area contributed by atoms with Crippen LogP contribution >= 0.6 is 0 Å². The number of hydrogen-bond acceptors (Lipinski definition) is 1. The third kappa shape index (κ3) is 4.18. The molecule has 0 aromatic carbocycles. The summed E-state index contributed by atoms with van der Waals surface area (Å²) in [5.41, 5.74) is 2.05. The van der Waals surface area contributed by atoms with E-state index in [0.717, 1.165) is 17.6 Å². The Kier molecular flexibility index (Phi) is 6.02. The van der Waals surface area contributed by atoms with Crippen molar-refractivity contribution in [3.05, 3.63) is 35.5 Å². The quantitative estimate of drug-likeness (QED) is 0.671. The predicted molar refractivity (Wildman–Crippen MR) is 71.4 cm³/mol. The molecule has 16 heavy (non-hydrogen) atoms. The molecule has 0 saturated carbocycles. The predicted octanol–water partition coefficient (Wildman–Crippen LogP) is 4.46. The largest absolute Gasteiger partial charge is 0.295 e. The van der Waals surface area contributed by atoms with E-state index < -0.39 is 0 Å². The summed E-state index contributed by atoms with van der Waals surface area (Å²) in [5.74, 6) is 0.153. The maximum Gasteiger partial charge on any atom is 0.160 e. The van der Waals surface area contributed by atoms with Gasteiger partial charge in [-0.2, -0.15) is 0 Å². The van der Waals surface area contributed by atoms with Crippen molar-refractivity contribution >= 4 is 5.78 Å². The smallest absolute Gasteiger partial charge is 0.160 e. The van der Waals surface area contributed by atoms with Gasteiger partial charge in [0, 0.05) is 11.0 Å². The Morgan fingerprint density at radius 2 is 1.69 bits per heavy atom. The maximum absolute atomic E-state index is 11.4. The van der Waals surface area contributed by atoms with Gasteiger partial charge in [0.2, 0.25) is 0 Å². The molecule has 0 atom stereocenters. The molecule has 0 spiro atoms. The summed E-state index contributed by atoms with van der Waals surface area (Å²) < 4.78 is 0. The van der Waals surface area contributed by atoms with Gasteiger partial charge < -0.3 is 0 Å². The van der Waals surface area contributed by atoms with Gasteiger partial charge in [0.25, 0.3) is 0 Å². The molecule has 1 heteroatoms. The fourth-order valence-corrected chi connectivity index (χ4v) is 1.52. The average molecular weight is 220 g/mol. The van der Waals surface area contributed by atoms with E-state index >= 15 is 0 Å². The zero-order valence-corrected chi connectivity index (χ0v) is 11.4. The first-order chi connectivity index (χ1) is 7.46. The fraction of sp³-hybridized carbons (Fsp3) is 0.533. The first kappa shape index (κ1) is 14.9. The molecule has 0 fully saturated rings. The summed E-state index contributed by atoms with van der Waals surface area (Å²) >= 11 is 0. The summed E-state index contributed by atoms with van der Waals surface area (Å²) in [6.07, 6.45) is 9.19. The zero-order valence-electron chi connectivity index (χ0n) is 11.4. The minimum absolute atomic E-state index is 0.0532. The van der Waals surface area contributed by atoms with Crippen molar-refractivity contribution in [2.45, 2.75) is 48.0 Å². The topological polar surface area (TPSA) is 17.1 Å². The second kappa shape index (κ2) is 6.47. The Hall–Kier alpha value is -1.11. The lowest BCUT2D eigenvalue weighted by Gasteiger charge is -2.12. The molecule has 0 heterocycles. The van der Waals surface area contributed by atoms with Crippen molar-refractivity contribution in [2.24, 2.45) is 5.41 Å². The summed E-state index contributed by atoms with van der Waals surface area (Å²) in [4.78, 5) is 11.4. The van der Waals surface area contributed by atoms with Crippen LogP contribution in [-0.4, -0.2) is 5.78 Å². The molecular formula is C15H24O. The molecule has 90 valence electrons. The number of allylic oxidation sites excluding steroid dienone is 6. The summed E-state index contributed by atoms with van der Waals surface area (Å²) in [6.45, 7) is 12.0. The van der Waals surface area contributed by atoms with Crippen molar-refractivity contribution in [2.75, 3.05) is 0 Å². The summed E-state index contributed by atoms with van der Waals surface area (Å²) in [7, 11) is 0. The van der Waals surface area contributed by atoms with E-state index in [2.05, 4.69) is 39.0 Å². The van der Waals surface area contributed by atoms with Crippen molar-refractivity contribution in [1.82, 2.24) is 0 Å². The van der Waals surface area contributed by atoms with Gasteiger partial charge in [-0.15, -0.1) is 0 Å². The van der Waals surface area contributed by atoms with E-state index in [-0.39, 0.29) is 11.2 Å². The van der Waals surface area contributed by atoms with Crippen molar-refractivity contribution in [1.29, 1.82) is 0 Å². The van der Waals surface area contributed by atoms with Gasteiger partial charge in [-0.25, -0.2) is 0 Å². The number of carbonyl (C=O) groups excluding carboxylic acids is 1. The highest BCUT2D eigenvalue weighted by Gasteiger charge is 2.15. The lowest BCUT2D eigenvalue weighted by Crippen LogP contribution is -2.01. The molecule has 0 bridgehead atoms. The van der Waals surface area contributed by atoms with Crippen LogP contribution in [0.2, 0.25) is 0 Å². The summed E-state index contributed by atoms with van der Waals surface area (Å²) in [5, 5.41) is 0. The third-order valence-electron chi connectivity index (χ3n) is 2.50. The molecule has 0 aromatic heterocycles. The van der Waals surface area contributed by atoms with E-state index in [1.807, 2.05) is 19.9 Å². The normalized spacial score (nSPS) is 17.6. The van der Waals surface area contributed by atoms with E-state index in [0.29, 0.717) is 0 Å². The van der Waals surface area contributed by atoms with Crippen LogP contribution in [0.3, 0.4) is 0 Å². The van der Waals surface area contributed by atoms with Crippen LogP contribution in [0.4, 0.5) is 0 Å². The van der Waals surface area contributed by atoms with E-state index in [9.17, 15) is 4.79 Å². The Morgan fingerprint density at radius 3 is 2.12 bits per heavy atom. The molecule has 0 aliphatic heterocycles. The fourth-order valence-electron chi connectivity index (χ4n) is 1.52. The van der Waals surface area contributed by atoms with Crippen molar-refractivity contribution in [3.8, 4) is 0 Å². The highest BCUT2D eigenvalue weighted by Crippen LogP contribution is 2.26. The SMILES string of the molecule is CC.CCC1=C(C(C)=O)C=CC(C)(C)C=C1. The van der Waals surface area contributed by atoms with Crippen LogP contribution in [-0.2, 0) is 4.79 Å². The Labute approximate surface area is 99.9 Å². The van der Waals surface area contributed by atoms with E-state index in [4.69, 9.17) is 0 Å². The van der Waals surface area contributed by atoms with Crippen LogP contribution in [0.5, 0.6) is 0 Å². The number of carbonyl (C=O) groups is 1. The van der Waals surface area contributed by atoms with Gasteiger partial charge in [0.05, 0.1) is 0 Å². The highest BCUT2D eigenvalue weighted by atomic mass is 16.1. The van der Waals surface area contributed by atoms with Gasteiger partial charge >= 0.3 is 0 Å². The van der Waals surface area contributed by atoms with Gasteiger partial charge in [0.1, 0.15) is 0 Å². The second-order valence-electron chi connectivity index (χ2n) is 4.34. The first-order valence-electron chi connectivity index (χ1n) is 6.09. The molecular weight excluding hydrogens is 196 g/mol. The summed E-state index contributed by atoms with van der Waals surface area (Å²) in [6, 6.07) is 0. The standard InChI is InChI=1S/C13H18O.C2H6/c1-5-11-6-8-13(3,4)9-7-12(11)10(2)14;1-2/h6-9H,5H2,1-4H3;1-2H3. The molecule has 0 saturated heterocycles. The molecule has 1 rings (SSSR count). The second-order valence-corrected chi connectivity index (χ2v) is 4.34. The third-order valence-corrected chi connectivity index (χ3v) is 2.50. The Balaban J connectivity index is 0.00000106. The molecule has 1 aliphatic rings. The van der Waals surface area contributed by atoms with Gasteiger partial charge in [-0.3, -0.25) is 4.79 Å². The molecule has 0 aromatic rings. The van der Waals surface area contributed by atoms with Crippen molar-refractivity contribution in [3.63, 3.8) is 0 Å². The number of rotatable bonds is 2. The number of Topliss-reactive ketones (excluding diaryl/α,β-unsaturated/α-hetero) is 1. The van der Waals surface area contributed by atoms with Crippen LogP contribution in [0.1, 0.15) is 48.0 Å². The molecule has 0 N–H and O–H groups in total. The van der Waals surface area contributed by atoms with Crippen LogP contribution in [0, 0.1) is 5.41 Å². The van der Waals surface area contributed by atoms with Crippen molar-refractivity contribution < 1.29 is 4.79 Å². The Bertz CT molecular complexity index is 327. The average Bonchev–Trinajstić information content (AvgIpc) is 2.39. The lowest BCUT2D eigenvalue weighted by molar-refractivity contribution is -0.113. The van der Waals surface area contributed by atoms with Crippen LogP contribution < -0.4 is 0 Å². The maximum atomic E-state index is 11.4. The molecule has 0 amide bonds. The minimum atomic E-state index is 0.0532. The van der Waals surface area contributed by atoms with E-state index in [1.165, 1.54) is 0 Å². The minimum Gasteiger partial charge on any atom is -0.295 e. The molecule has 0 radical (unpaired) electrons. The van der Waals surface area contributed by atoms with Gasteiger partial charge in [-0.1, -0.05) is 58.9 Å². The molecule has 0 unspecified atom stereocenters. The van der Waals surface area contributed by atoms with E-state index in [1.54, 1.807) is 6.92 Å². The lowest BCUT2D eigenvalue weighted by atomic mass is 9.93. The zero-order chi connectivity index (χ0) is 12.8. The number of ketones is 1. The highest BCUT2D eigenvalue weighted by molar-refractivity contribution is 5.97. The Morgan fingerprint density at radius 1 is 1.19 bits per heavy atom. The molecule has 1 aliphatic carbocycles.